The van der Waals surface area contributed by atoms with E-state index in [9.17, 15) is 12.6 Å². The van der Waals surface area contributed by atoms with E-state index in [1.165, 1.54) is 0 Å². The average molecular weight is 397 g/mol. The van der Waals surface area contributed by atoms with E-state index in [0.717, 1.165) is 22.3 Å². The van der Waals surface area contributed by atoms with Crippen molar-refractivity contribution < 1.29 is 16.8 Å². The molecule has 0 saturated heterocycles. The van der Waals surface area contributed by atoms with Gasteiger partial charge in [0, 0.05) is 0 Å². The second-order valence-corrected chi connectivity index (χ2v) is 8.48. The van der Waals surface area contributed by atoms with Crippen molar-refractivity contribution in [1.82, 2.24) is 0 Å². The maximum absolute atomic E-state index is 11.1. The monoisotopic (exact) mass is 396 g/mol. The molecular formula is C20H28O4S2. The van der Waals surface area contributed by atoms with Gasteiger partial charge in [0.1, 0.15) is 0 Å². The summed E-state index contributed by atoms with van der Waals surface area (Å²) >= 11 is -1.10. The molecular weight excluding hydrogens is 368 g/mol. The van der Waals surface area contributed by atoms with Gasteiger partial charge in [-0.2, -0.15) is 0 Å². The highest BCUT2D eigenvalue weighted by Gasteiger charge is 2.23. The molecule has 6 heteroatoms. The fraction of sp³-hybridized carbons (Fsp3) is 0.400. The minimum Gasteiger partial charge on any atom is -0.285 e. The molecule has 0 saturated carbocycles. The molecule has 0 aromatic heterocycles. The Morgan fingerprint density at radius 2 is 1.19 bits per heavy atom. The summed E-state index contributed by atoms with van der Waals surface area (Å²) in [6, 6.07) is 15.4. The molecule has 0 fully saturated rings. The molecule has 0 spiro atoms. The first-order chi connectivity index (χ1) is 12.5. The molecule has 2 aliphatic rings. The van der Waals surface area contributed by atoms with Gasteiger partial charge in [-0.25, -0.2) is 12.6 Å². The van der Waals surface area contributed by atoms with Crippen LogP contribution in [0.3, 0.4) is 0 Å². The topological polar surface area (TPSA) is 60.4 Å². The molecule has 4 rings (SSSR count). The Labute approximate surface area is 160 Å². The van der Waals surface area contributed by atoms with Gasteiger partial charge in [-0.05, 0) is 22.3 Å². The molecule has 26 heavy (non-hydrogen) atoms. The van der Waals surface area contributed by atoms with Crippen LogP contribution in [-0.4, -0.2) is 12.6 Å². The fourth-order valence-electron chi connectivity index (χ4n) is 2.50. The van der Waals surface area contributed by atoms with Crippen LogP contribution >= 0.6 is 0 Å². The van der Waals surface area contributed by atoms with Gasteiger partial charge < -0.3 is 0 Å². The van der Waals surface area contributed by atoms with Crippen LogP contribution in [0.15, 0.2) is 48.5 Å². The largest absolute Gasteiger partial charge is 0.285 e. The molecule has 1 atom stereocenters. The number of hydrogen-bond acceptors (Lipinski definition) is 4. The number of rotatable bonds is 0. The van der Waals surface area contributed by atoms with Crippen molar-refractivity contribution in [3.63, 3.8) is 0 Å². The van der Waals surface area contributed by atoms with E-state index in [1.54, 1.807) is 0 Å². The average Bonchev–Trinajstić information content (AvgIpc) is 2.99. The first kappa shape index (κ1) is 22.5. The molecule has 0 amide bonds. The zero-order valence-electron chi connectivity index (χ0n) is 15.9. The van der Waals surface area contributed by atoms with E-state index in [0.29, 0.717) is 12.4 Å². The van der Waals surface area contributed by atoms with E-state index in [-0.39, 0.29) is 11.5 Å². The molecule has 0 aliphatic carbocycles. The van der Waals surface area contributed by atoms with Crippen molar-refractivity contribution in [3.8, 4) is 0 Å². The molecule has 0 radical (unpaired) electrons. The Kier molecular flexibility index (Phi) is 9.76. The zero-order valence-corrected chi connectivity index (χ0v) is 17.5. The highest BCUT2D eigenvalue weighted by Crippen LogP contribution is 2.23. The van der Waals surface area contributed by atoms with Gasteiger partial charge in [0.25, 0.3) is 0 Å². The summed E-state index contributed by atoms with van der Waals surface area (Å²) in [5.41, 5.74) is 4.24. The minimum atomic E-state index is -2.81. The molecule has 1 unspecified atom stereocenters. The van der Waals surface area contributed by atoms with Crippen LogP contribution in [0.25, 0.3) is 0 Å². The van der Waals surface area contributed by atoms with Crippen molar-refractivity contribution in [2.24, 2.45) is 0 Å². The van der Waals surface area contributed by atoms with Crippen LogP contribution in [0.2, 0.25) is 0 Å². The van der Waals surface area contributed by atoms with Crippen molar-refractivity contribution >= 4 is 20.9 Å². The number of fused-ring (bicyclic) bond motifs is 2. The Balaban J connectivity index is 0.000000219. The lowest BCUT2D eigenvalue weighted by atomic mass is 10.1. The van der Waals surface area contributed by atoms with Crippen LogP contribution in [-0.2, 0) is 49.0 Å². The Morgan fingerprint density at radius 3 is 1.69 bits per heavy atom. The molecule has 2 aromatic carbocycles. The van der Waals surface area contributed by atoms with Crippen molar-refractivity contribution in [1.29, 1.82) is 0 Å². The molecule has 2 heterocycles. The maximum Gasteiger partial charge on any atom is 0.160 e. The minimum absolute atomic E-state index is 0.225. The lowest BCUT2D eigenvalue weighted by Gasteiger charge is -2.13. The predicted molar refractivity (Wildman–Crippen MR) is 109 cm³/mol. The van der Waals surface area contributed by atoms with Gasteiger partial charge in [0.05, 0.1) is 23.9 Å². The van der Waals surface area contributed by atoms with Crippen molar-refractivity contribution in [2.75, 3.05) is 0 Å². The summed E-state index contributed by atoms with van der Waals surface area (Å²) in [4.78, 5) is 0. The third-order valence-corrected chi connectivity index (χ3v) is 6.04. The third kappa shape index (κ3) is 6.67. The standard InChI is InChI=1S/2C8H8O2S.2C2H6/c9-11(10)5-7-3-1-2-4-8(7)6-11;9-11-6-8-4-2-1-3-7(8)5-10-11;2*1-2/h2*1-4H,5-6H2;2*1-2H3. The molecule has 4 nitrogen and oxygen atoms in total. The second kappa shape index (κ2) is 11.3. The summed E-state index contributed by atoms with van der Waals surface area (Å²) in [5.74, 6) is 0.989. The van der Waals surface area contributed by atoms with Gasteiger partial charge in [-0.3, -0.25) is 4.18 Å². The lowest BCUT2D eigenvalue weighted by molar-refractivity contribution is 0.328. The van der Waals surface area contributed by atoms with E-state index in [4.69, 9.17) is 4.18 Å². The van der Waals surface area contributed by atoms with Crippen LogP contribution in [0.5, 0.6) is 0 Å². The second-order valence-electron chi connectivity index (χ2n) is 5.28. The van der Waals surface area contributed by atoms with Gasteiger partial charge >= 0.3 is 0 Å². The third-order valence-electron chi connectivity index (χ3n) is 3.61. The molecule has 144 valence electrons. The SMILES string of the molecule is CC.CC.O=S1(=O)Cc2ccccc2C1.O=S1Cc2ccccc2CO1. The number of hydrogen-bond donors (Lipinski definition) is 0. The van der Waals surface area contributed by atoms with E-state index < -0.39 is 20.9 Å². The first-order valence-corrected chi connectivity index (χ1v) is 12.0. The molecule has 0 N–H and O–H groups in total. The number of benzene rings is 2. The van der Waals surface area contributed by atoms with E-state index in [1.807, 2.05) is 76.2 Å². The highest BCUT2D eigenvalue weighted by atomic mass is 32.2. The van der Waals surface area contributed by atoms with Crippen LogP contribution < -0.4 is 0 Å². The summed E-state index contributed by atoms with van der Waals surface area (Å²) in [7, 11) is -2.81. The van der Waals surface area contributed by atoms with Gasteiger partial charge in [-0.15, -0.1) is 0 Å². The summed E-state index contributed by atoms with van der Waals surface area (Å²) in [6.45, 7) is 8.49. The number of sulfone groups is 1. The van der Waals surface area contributed by atoms with Crippen LogP contribution in [0.1, 0.15) is 49.9 Å². The summed E-state index contributed by atoms with van der Waals surface area (Å²) in [5, 5.41) is 0. The Bertz CT molecular complexity index is 783. The summed E-state index contributed by atoms with van der Waals surface area (Å²) in [6.07, 6.45) is 0. The van der Waals surface area contributed by atoms with E-state index >= 15 is 0 Å². The normalized spacial score (nSPS) is 18.4. The van der Waals surface area contributed by atoms with Crippen LogP contribution in [0, 0.1) is 0 Å². The Morgan fingerprint density at radius 1 is 0.769 bits per heavy atom. The smallest absolute Gasteiger partial charge is 0.160 e. The van der Waals surface area contributed by atoms with Crippen molar-refractivity contribution in [3.05, 3.63) is 70.8 Å². The fourth-order valence-corrected chi connectivity index (χ4v) is 4.99. The van der Waals surface area contributed by atoms with Crippen LogP contribution in [0.4, 0.5) is 0 Å². The maximum atomic E-state index is 11.1. The lowest BCUT2D eigenvalue weighted by Crippen LogP contribution is -2.10. The predicted octanol–water partition coefficient (Wildman–Crippen LogP) is 4.55. The molecule has 2 aromatic rings. The quantitative estimate of drug-likeness (QED) is 0.655. The van der Waals surface area contributed by atoms with E-state index in [2.05, 4.69) is 0 Å². The first-order valence-electron chi connectivity index (χ1n) is 8.89. The van der Waals surface area contributed by atoms with Gasteiger partial charge in [-0.1, -0.05) is 76.2 Å². The van der Waals surface area contributed by atoms with Crippen molar-refractivity contribution in [2.45, 2.75) is 51.6 Å². The summed E-state index contributed by atoms with van der Waals surface area (Å²) < 4.78 is 38.1. The van der Waals surface area contributed by atoms with Gasteiger partial charge in [0.15, 0.2) is 20.9 Å². The molecule has 0 bridgehead atoms. The zero-order chi connectivity index (χ0) is 19.6. The molecule has 2 aliphatic heterocycles. The van der Waals surface area contributed by atoms with Gasteiger partial charge in [0.2, 0.25) is 0 Å². The highest BCUT2D eigenvalue weighted by molar-refractivity contribution is 7.90. The Hall–Kier alpha value is -1.50.